The van der Waals surface area contributed by atoms with Crippen molar-refractivity contribution >= 4 is 35.0 Å². The summed E-state index contributed by atoms with van der Waals surface area (Å²) in [7, 11) is 2.16. The molecule has 1 aromatic heterocycles. The molecule has 2 saturated heterocycles. The first-order valence-electron chi connectivity index (χ1n) is 15.3. The highest BCUT2D eigenvalue weighted by Crippen LogP contribution is 2.49. The van der Waals surface area contributed by atoms with Gasteiger partial charge in [-0.3, -0.25) is 24.7 Å². The number of nitrogens with zero attached hydrogens (tertiary/aromatic N) is 5. The molecule has 3 N–H and O–H groups in total. The van der Waals surface area contributed by atoms with Crippen LogP contribution >= 0.6 is 0 Å². The normalized spacial score (nSPS) is 18.7. The average molecular weight is 616 g/mol. The molecule has 3 aliphatic rings. The van der Waals surface area contributed by atoms with Crippen molar-refractivity contribution in [3.05, 3.63) is 72.7 Å². The lowest BCUT2D eigenvalue weighted by atomic mass is 10.0. The van der Waals surface area contributed by atoms with Gasteiger partial charge in [-0.15, -0.1) is 0 Å². The highest BCUT2D eigenvalue weighted by Gasteiger charge is 2.57. The third-order valence-electron chi connectivity index (χ3n) is 9.02. The Balaban J connectivity index is 1.08. The van der Waals surface area contributed by atoms with Crippen LogP contribution in [0.3, 0.4) is 0 Å². The zero-order chi connectivity index (χ0) is 31.6. The number of benzene rings is 2. The van der Waals surface area contributed by atoms with E-state index >= 15 is 0 Å². The number of primary amides is 1. The zero-order valence-corrected chi connectivity index (χ0v) is 25.3. The van der Waals surface area contributed by atoms with E-state index < -0.39 is 23.0 Å². The molecule has 0 spiro atoms. The number of piperazine rings is 1. The van der Waals surface area contributed by atoms with Crippen molar-refractivity contribution in [1.29, 1.82) is 0 Å². The van der Waals surface area contributed by atoms with Crippen LogP contribution < -0.4 is 20.7 Å². The van der Waals surface area contributed by atoms with E-state index in [2.05, 4.69) is 27.1 Å². The van der Waals surface area contributed by atoms with Crippen LogP contribution in [0.2, 0.25) is 0 Å². The summed E-state index contributed by atoms with van der Waals surface area (Å²) >= 11 is 0. The van der Waals surface area contributed by atoms with Gasteiger partial charge >= 0.3 is 6.03 Å². The van der Waals surface area contributed by atoms with E-state index in [1.807, 2.05) is 4.90 Å². The number of ether oxygens (including phenoxy) is 1. The second-order valence-electron chi connectivity index (χ2n) is 12.0. The Hall–Kier alpha value is -4.55. The number of pyridine rings is 1. The summed E-state index contributed by atoms with van der Waals surface area (Å²) in [5.74, 6) is -0.235. The maximum atomic E-state index is 13.6. The van der Waals surface area contributed by atoms with Gasteiger partial charge in [-0.2, -0.15) is 0 Å². The first-order chi connectivity index (χ1) is 21.7. The molecule has 4 amide bonds. The molecule has 0 atom stereocenters. The largest absolute Gasteiger partial charge is 0.457 e. The molecule has 6 rings (SSSR count). The number of nitrogens with one attached hydrogen (secondary N) is 1. The molecule has 12 heteroatoms. The number of rotatable bonds is 8. The predicted octanol–water partition coefficient (Wildman–Crippen LogP) is 4.19. The van der Waals surface area contributed by atoms with Gasteiger partial charge in [0.25, 0.3) is 0 Å². The second-order valence-corrected chi connectivity index (χ2v) is 12.0. The quantitative estimate of drug-likeness (QED) is 0.364. The second kappa shape index (κ2) is 12.8. The van der Waals surface area contributed by atoms with Gasteiger partial charge in [0.1, 0.15) is 28.5 Å². The summed E-state index contributed by atoms with van der Waals surface area (Å²) in [5.41, 5.74) is 5.21. The number of amides is 4. The van der Waals surface area contributed by atoms with Crippen LogP contribution in [0.25, 0.3) is 0 Å². The molecule has 236 valence electrons. The summed E-state index contributed by atoms with van der Waals surface area (Å²) in [6, 6.07) is 16.0. The molecule has 3 heterocycles. The van der Waals surface area contributed by atoms with Gasteiger partial charge < -0.3 is 20.3 Å². The van der Waals surface area contributed by atoms with E-state index in [9.17, 15) is 18.8 Å². The fraction of sp³-hybridized carbons (Fsp3) is 0.394. The monoisotopic (exact) mass is 615 g/mol. The number of carbonyl (C=O) groups is 3. The summed E-state index contributed by atoms with van der Waals surface area (Å²) in [5, 5.41) is 2.89. The third-order valence-corrected chi connectivity index (χ3v) is 9.02. The SMILES string of the molecule is CN1CCC(N2CCN(C(=O)Nc3cc(Oc4ccc(N(C(=O)C5(C(N)=O)CC5)c5ccc(F)cc5)cc4)ccn3)CC2)CC1. The fourth-order valence-electron chi connectivity index (χ4n) is 6.06. The smallest absolute Gasteiger partial charge is 0.323 e. The first kappa shape index (κ1) is 30.5. The van der Waals surface area contributed by atoms with Gasteiger partial charge in [-0.05, 0) is 100 Å². The van der Waals surface area contributed by atoms with Gasteiger partial charge in [0.2, 0.25) is 11.8 Å². The number of piperidine rings is 1. The Labute approximate surface area is 261 Å². The molecule has 0 bridgehead atoms. The van der Waals surface area contributed by atoms with Crippen molar-refractivity contribution in [2.75, 3.05) is 56.5 Å². The predicted molar refractivity (Wildman–Crippen MR) is 168 cm³/mol. The number of halogens is 1. The Kier molecular flexibility index (Phi) is 8.68. The number of aromatic nitrogens is 1. The van der Waals surface area contributed by atoms with Crippen LogP contribution in [-0.4, -0.2) is 89.9 Å². The average Bonchev–Trinajstić information content (AvgIpc) is 3.86. The van der Waals surface area contributed by atoms with Crippen molar-refractivity contribution < 1.29 is 23.5 Å². The topological polar surface area (TPSA) is 124 Å². The third kappa shape index (κ3) is 6.76. The highest BCUT2D eigenvalue weighted by atomic mass is 19.1. The van der Waals surface area contributed by atoms with Gasteiger partial charge in [0.15, 0.2) is 0 Å². The number of urea groups is 1. The Morgan fingerprint density at radius 2 is 1.53 bits per heavy atom. The molecule has 3 fully saturated rings. The molecular weight excluding hydrogens is 577 g/mol. The Morgan fingerprint density at radius 1 is 0.911 bits per heavy atom. The number of carbonyl (C=O) groups excluding carboxylic acids is 3. The lowest BCUT2D eigenvalue weighted by Gasteiger charge is -2.42. The van der Waals surface area contributed by atoms with Crippen LogP contribution in [0, 0.1) is 11.2 Å². The van der Waals surface area contributed by atoms with Crippen molar-refractivity contribution in [3.8, 4) is 11.5 Å². The molecule has 2 aliphatic heterocycles. The van der Waals surface area contributed by atoms with Crippen molar-refractivity contribution in [2.24, 2.45) is 11.1 Å². The number of nitrogens with two attached hydrogens (primary N) is 1. The van der Waals surface area contributed by atoms with Gasteiger partial charge in [-0.25, -0.2) is 14.2 Å². The first-order valence-corrected chi connectivity index (χ1v) is 15.3. The van der Waals surface area contributed by atoms with E-state index in [-0.39, 0.29) is 6.03 Å². The van der Waals surface area contributed by atoms with E-state index in [0.29, 0.717) is 60.7 Å². The maximum Gasteiger partial charge on any atom is 0.323 e. The van der Waals surface area contributed by atoms with E-state index in [4.69, 9.17) is 10.5 Å². The Bertz CT molecular complexity index is 1530. The number of hydrogen-bond acceptors (Lipinski definition) is 7. The van der Waals surface area contributed by atoms with Crippen LogP contribution in [0.5, 0.6) is 11.5 Å². The maximum absolute atomic E-state index is 13.6. The standard InChI is InChI=1S/C33H38FN7O4/c1-38-16-11-24(12-17-38)39-18-20-40(21-19-39)32(44)37-29-22-28(10-15-36-29)45-27-8-6-26(7-9-27)41(25-4-2-23(34)3-5-25)31(43)33(13-14-33)30(35)42/h2-10,15,22,24H,11-14,16-21H2,1H3,(H2,35,42)(H,36,37,44). The summed E-state index contributed by atoms with van der Waals surface area (Å²) in [4.78, 5) is 51.0. The zero-order valence-electron chi connectivity index (χ0n) is 25.3. The van der Waals surface area contributed by atoms with Gasteiger partial charge in [0.05, 0.1) is 0 Å². The molecular formula is C33H38FN7O4. The minimum atomic E-state index is -1.26. The van der Waals surface area contributed by atoms with Crippen LogP contribution in [0.4, 0.5) is 26.4 Å². The molecule has 11 nitrogen and oxygen atoms in total. The van der Waals surface area contributed by atoms with E-state index in [0.717, 1.165) is 26.2 Å². The number of anilines is 3. The number of likely N-dealkylation sites (tertiary alicyclic amines) is 1. The summed E-state index contributed by atoms with van der Waals surface area (Å²) < 4.78 is 19.7. The summed E-state index contributed by atoms with van der Waals surface area (Å²) in [6.45, 7) is 5.29. The summed E-state index contributed by atoms with van der Waals surface area (Å²) in [6.07, 6.45) is 4.64. The van der Waals surface area contributed by atoms with Crippen molar-refractivity contribution in [1.82, 2.24) is 19.7 Å². The molecule has 45 heavy (non-hydrogen) atoms. The minimum absolute atomic E-state index is 0.193. The van der Waals surface area contributed by atoms with E-state index in [1.165, 1.54) is 42.0 Å². The molecule has 2 aromatic carbocycles. The minimum Gasteiger partial charge on any atom is -0.457 e. The van der Waals surface area contributed by atoms with Crippen molar-refractivity contribution in [2.45, 2.75) is 31.7 Å². The Morgan fingerprint density at radius 3 is 2.13 bits per heavy atom. The molecule has 1 saturated carbocycles. The molecule has 0 radical (unpaired) electrons. The van der Waals surface area contributed by atoms with E-state index in [1.54, 1.807) is 42.6 Å². The molecule has 1 aliphatic carbocycles. The molecule has 3 aromatic rings. The van der Waals surface area contributed by atoms with Gasteiger partial charge in [0, 0.05) is 55.9 Å². The lowest BCUT2D eigenvalue weighted by molar-refractivity contribution is -0.133. The highest BCUT2D eigenvalue weighted by molar-refractivity contribution is 6.16. The van der Waals surface area contributed by atoms with Crippen LogP contribution in [0.15, 0.2) is 66.9 Å². The van der Waals surface area contributed by atoms with Crippen LogP contribution in [-0.2, 0) is 9.59 Å². The number of hydrogen-bond donors (Lipinski definition) is 2. The van der Waals surface area contributed by atoms with Gasteiger partial charge in [-0.1, -0.05) is 0 Å². The molecule has 0 unspecified atom stereocenters. The van der Waals surface area contributed by atoms with Crippen LogP contribution in [0.1, 0.15) is 25.7 Å². The fourth-order valence-corrected chi connectivity index (χ4v) is 6.06. The lowest BCUT2D eigenvalue weighted by Crippen LogP contribution is -2.54. The van der Waals surface area contributed by atoms with Crippen molar-refractivity contribution in [3.63, 3.8) is 0 Å².